The van der Waals surface area contributed by atoms with E-state index in [1.54, 1.807) is 54.5 Å². The van der Waals surface area contributed by atoms with Crippen molar-refractivity contribution in [1.82, 2.24) is 14.1 Å². The fourth-order valence-corrected chi connectivity index (χ4v) is 3.73. The summed E-state index contributed by atoms with van der Waals surface area (Å²) in [7, 11) is 1.55. The van der Waals surface area contributed by atoms with Crippen molar-refractivity contribution in [2.24, 2.45) is 0 Å². The topological polar surface area (TPSA) is 66.1 Å². The van der Waals surface area contributed by atoms with Crippen LogP contribution in [0.25, 0.3) is 5.69 Å². The van der Waals surface area contributed by atoms with Gasteiger partial charge in [0, 0.05) is 18.0 Å². The van der Waals surface area contributed by atoms with Crippen LogP contribution in [0.5, 0.6) is 5.75 Å². The average molecular weight is 428 g/mol. The summed E-state index contributed by atoms with van der Waals surface area (Å²) in [5.74, 6) is 0.185. The zero-order chi connectivity index (χ0) is 22.8. The number of hydrogen-bond donors (Lipinski definition) is 0. The summed E-state index contributed by atoms with van der Waals surface area (Å²) < 4.78 is 8.94. The van der Waals surface area contributed by atoms with Crippen LogP contribution in [-0.4, -0.2) is 27.0 Å². The van der Waals surface area contributed by atoms with Crippen molar-refractivity contribution in [3.8, 4) is 11.4 Å². The third-order valence-corrected chi connectivity index (χ3v) is 5.63. The van der Waals surface area contributed by atoms with E-state index in [4.69, 9.17) is 4.74 Å². The minimum atomic E-state index is -0.341. The molecule has 2 heterocycles. The summed E-state index contributed by atoms with van der Waals surface area (Å²) in [5.41, 5.74) is 3.99. The molecule has 0 spiro atoms. The van der Waals surface area contributed by atoms with Crippen molar-refractivity contribution in [2.75, 3.05) is 7.11 Å². The summed E-state index contributed by atoms with van der Waals surface area (Å²) in [6.07, 6.45) is 5.29. The second-order valence-electron chi connectivity index (χ2n) is 7.86. The molecule has 0 bridgehead atoms. The fourth-order valence-electron chi connectivity index (χ4n) is 3.73. The van der Waals surface area contributed by atoms with Crippen LogP contribution in [0.2, 0.25) is 0 Å². The van der Waals surface area contributed by atoms with Gasteiger partial charge < -0.3 is 13.9 Å². The third-order valence-electron chi connectivity index (χ3n) is 5.63. The molecular formula is C26H25N3O3. The highest BCUT2D eigenvalue weighted by Gasteiger charge is 2.19. The van der Waals surface area contributed by atoms with Crippen LogP contribution in [-0.2, 0) is 0 Å². The van der Waals surface area contributed by atoms with Gasteiger partial charge in [-0.1, -0.05) is 29.8 Å². The second kappa shape index (κ2) is 8.67. The summed E-state index contributed by atoms with van der Waals surface area (Å²) in [6, 6.07) is 16.3. The Bertz CT molecular complexity index is 1330. The Morgan fingerprint density at radius 3 is 2.47 bits per heavy atom. The maximum Gasteiger partial charge on any atom is 0.262 e. The van der Waals surface area contributed by atoms with Crippen LogP contribution in [0, 0.1) is 13.8 Å². The molecule has 4 aromatic rings. The van der Waals surface area contributed by atoms with Crippen molar-refractivity contribution in [1.29, 1.82) is 0 Å². The van der Waals surface area contributed by atoms with E-state index in [1.807, 2.05) is 55.8 Å². The molecule has 2 aromatic heterocycles. The summed E-state index contributed by atoms with van der Waals surface area (Å²) in [5, 5.41) is 0. The molecule has 0 aliphatic carbocycles. The van der Waals surface area contributed by atoms with E-state index in [2.05, 4.69) is 4.98 Å². The monoisotopic (exact) mass is 427 g/mol. The lowest BCUT2D eigenvalue weighted by molar-refractivity contribution is 0.103. The van der Waals surface area contributed by atoms with Crippen LogP contribution >= 0.6 is 0 Å². The average Bonchev–Trinajstić information content (AvgIpc) is 3.24. The van der Waals surface area contributed by atoms with E-state index in [-0.39, 0.29) is 22.9 Å². The second-order valence-corrected chi connectivity index (χ2v) is 7.86. The molecule has 6 nitrogen and oxygen atoms in total. The molecule has 1 atom stereocenters. The molecule has 4 rings (SSSR count). The highest BCUT2D eigenvalue weighted by Crippen LogP contribution is 2.25. The summed E-state index contributed by atoms with van der Waals surface area (Å²) >= 11 is 0. The largest absolute Gasteiger partial charge is 0.495 e. The number of ether oxygens (including phenoxy) is 1. The van der Waals surface area contributed by atoms with Crippen LogP contribution in [0.1, 0.15) is 45.7 Å². The molecule has 1 unspecified atom stereocenters. The normalized spacial score (nSPS) is 11.9. The molecule has 0 amide bonds. The van der Waals surface area contributed by atoms with Crippen molar-refractivity contribution in [3.05, 3.63) is 112 Å². The minimum Gasteiger partial charge on any atom is -0.495 e. The number of benzene rings is 2. The molecule has 0 saturated carbocycles. The van der Waals surface area contributed by atoms with Gasteiger partial charge in [-0.3, -0.25) is 9.59 Å². The SMILES string of the molecule is COc1cc(C(=O)c2cccn(C(C)c3ccc(C)cc3)c2=O)ccc1-n1cnc(C)c1. The Balaban J connectivity index is 1.70. The molecule has 0 radical (unpaired) electrons. The first-order valence-corrected chi connectivity index (χ1v) is 10.4. The lowest BCUT2D eigenvalue weighted by atomic mass is 10.0. The molecular weight excluding hydrogens is 402 g/mol. The van der Waals surface area contributed by atoms with Gasteiger partial charge in [0.2, 0.25) is 0 Å². The number of methoxy groups -OCH3 is 1. The number of ketones is 1. The lowest BCUT2D eigenvalue weighted by Gasteiger charge is -2.17. The van der Waals surface area contributed by atoms with Gasteiger partial charge in [0.1, 0.15) is 5.75 Å². The highest BCUT2D eigenvalue weighted by atomic mass is 16.5. The quantitative estimate of drug-likeness (QED) is 0.425. The van der Waals surface area contributed by atoms with Crippen LogP contribution in [0.4, 0.5) is 0 Å². The van der Waals surface area contributed by atoms with Gasteiger partial charge in [-0.05, 0) is 56.7 Å². The molecule has 0 saturated heterocycles. The molecule has 162 valence electrons. The Morgan fingerprint density at radius 1 is 1.06 bits per heavy atom. The van der Waals surface area contributed by atoms with Crippen LogP contribution < -0.4 is 10.3 Å². The number of nitrogens with zero attached hydrogens (tertiary/aromatic N) is 3. The van der Waals surface area contributed by atoms with Gasteiger partial charge in [-0.25, -0.2) is 4.98 Å². The van der Waals surface area contributed by atoms with Gasteiger partial charge in [-0.2, -0.15) is 0 Å². The van der Waals surface area contributed by atoms with Gasteiger partial charge in [0.15, 0.2) is 5.78 Å². The minimum absolute atomic E-state index is 0.125. The zero-order valence-electron chi connectivity index (χ0n) is 18.6. The number of carbonyl (C=O) groups is 1. The van der Waals surface area contributed by atoms with Gasteiger partial charge in [0.25, 0.3) is 5.56 Å². The first-order valence-electron chi connectivity index (χ1n) is 10.4. The molecule has 0 fully saturated rings. The number of rotatable bonds is 6. The van der Waals surface area contributed by atoms with E-state index < -0.39 is 0 Å². The third kappa shape index (κ3) is 3.99. The van der Waals surface area contributed by atoms with Crippen molar-refractivity contribution in [2.45, 2.75) is 26.8 Å². The number of imidazole rings is 1. The standard InChI is InChI=1S/C26H25N3O3/c1-17-7-9-20(10-8-17)19(3)29-13-5-6-22(26(29)31)25(30)21-11-12-23(24(14-21)32-4)28-15-18(2)27-16-28/h5-16,19H,1-4H3. The van der Waals surface area contributed by atoms with Crippen molar-refractivity contribution >= 4 is 5.78 Å². The van der Waals surface area contributed by atoms with Crippen molar-refractivity contribution in [3.63, 3.8) is 0 Å². The van der Waals surface area contributed by atoms with E-state index >= 15 is 0 Å². The smallest absolute Gasteiger partial charge is 0.262 e. The first-order chi connectivity index (χ1) is 15.4. The maximum atomic E-state index is 13.3. The molecule has 6 heteroatoms. The summed E-state index contributed by atoms with van der Waals surface area (Å²) in [6.45, 7) is 5.87. The number of carbonyl (C=O) groups excluding carboxylic acids is 1. The molecule has 0 N–H and O–H groups in total. The van der Waals surface area contributed by atoms with Crippen LogP contribution in [0.15, 0.2) is 78.1 Å². The predicted molar refractivity (Wildman–Crippen MR) is 124 cm³/mol. The molecule has 0 aliphatic rings. The first kappa shape index (κ1) is 21.3. The Hall–Kier alpha value is -3.93. The van der Waals surface area contributed by atoms with Gasteiger partial charge in [0.05, 0.1) is 36.4 Å². The molecule has 2 aromatic carbocycles. The fraction of sp³-hybridized carbons (Fsp3) is 0.192. The predicted octanol–water partition coefficient (Wildman–Crippen LogP) is 4.50. The number of hydrogen-bond acceptors (Lipinski definition) is 4. The van der Waals surface area contributed by atoms with Crippen molar-refractivity contribution < 1.29 is 9.53 Å². The Morgan fingerprint density at radius 2 is 1.81 bits per heavy atom. The van der Waals surface area contributed by atoms with E-state index in [9.17, 15) is 9.59 Å². The number of aromatic nitrogens is 3. The highest BCUT2D eigenvalue weighted by molar-refractivity contribution is 6.09. The Labute approximate surface area is 186 Å². The summed E-state index contributed by atoms with van der Waals surface area (Å²) in [4.78, 5) is 30.7. The Kier molecular flexibility index (Phi) is 5.77. The molecule has 0 aliphatic heterocycles. The zero-order valence-corrected chi connectivity index (χ0v) is 18.6. The number of aryl methyl sites for hydroxylation is 2. The van der Waals surface area contributed by atoms with E-state index in [1.165, 1.54) is 0 Å². The van der Waals surface area contributed by atoms with Gasteiger partial charge >= 0.3 is 0 Å². The van der Waals surface area contributed by atoms with E-state index in [0.717, 1.165) is 22.5 Å². The maximum absolute atomic E-state index is 13.3. The number of pyridine rings is 1. The van der Waals surface area contributed by atoms with E-state index in [0.29, 0.717) is 11.3 Å². The van der Waals surface area contributed by atoms with Crippen LogP contribution in [0.3, 0.4) is 0 Å². The molecule has 32 heavy (non-hydrogen) atoms. The lowest BCUT2D eigenvalue weighted by Crippen LogP contribution is -2.28. The van der Waals surface area contributed by atoms with Gasteiger partial charge in [-0.15, -0.1) is 0 Å².